The van der Waals surface area contributed by atoms with Gasteiger partial charge in [0, 0.05) is 6.42 Å². The molecule has 0 aromatic carbocycles. The molecule has 10 atom stereocenters. The first-order chi connectivity index (χ1) is 15.7. The van der Waals surface area contributed by atoms with Gasteiger partial charge in [-0.3, -0.25) is 4.79 Å². The number of hydrogen-bond donors (Lipinski definition) is 3. The third-order valence-corrected chi connectivity index (χ3v) is 11.0. The molecule has 0 spiro atoms. The molecule has 5 rings (SSSR count). The van der Waals surface area contributed by atoms with Gasteiger partial charge in [0.1, 0.15) is 5.76 Å². The lowest BCUT2D eigenvalue weighted by molar-refractivity contribution is -0.174. The number of furan rings is 1. The van der Waals surface area contributed by atoms with E-state index in [1.165, 1.54) is 25.7 Å². The number of amides is 1. The van der Waals surface area contributed by atoms with Crippen LogP contribution in [0.5, 0.6) is 0 Å². The van der Waals surface area contributed by atoms with Crippen LogP contribution in [0.4, 0.5) is 0 Å². The molecular formula is C28H43NO4. The average molecular weight is 458 g/mol. The largest absolute Gasteiger partial charge is 0.467 e. The van der Waals surface area contributed by atoms with Crippen LogP contribution in [0.15, 0.2) is 22.8 Å². The molecule has 4 fully saturated rings. The number of nitrogens with one attached hydrogen (secondary N) is 1. The normalized spacial score (nSPS) is 45.5. The fourth-order valence-corrected chi connectivity index (χ4v) is 9.28. The first-order valence-corrected chi connectivity index (χ1v) is 13.4. The molecule has 0 bridgehead atoms. The molecule has 0 aliphatic heterocycles. The highest BCUT2D eigenvalue weighted by molar-refractivity contribution is 5.76. The van der Waals surface area contributed by atoms with Crippen molar-refractivity contribution in [1.82, 2.24) is 5.32 Å². The Balaban J connectivity index is 1.27. The number of rotatable bonds is 5. The Morgan fingerprint density at radius 1 is 1.12 bits per heavy atom. The Kier molecular flexibility index (Phi) is 6.18. The quantitative estimate of drug-likeness (QED) is 0.587. The Labute approximate surface area is 198 Å². The van der Waals surface area contributed by atoms with Gasteiger partial charge in [-0.1, -0.05) is 20.8 Å². The SMILES string of the molecule is C[C@H](CC(=O)NCc1ccco1)C1CC[C@H]2C3C(O)CC4C[C@H](O)CCC4(C)[C@H]3CCC12C. The van der Waals surface area contributed by atoms with Crippen molar-refractivity contribution < 1.29 is 19.4 Å². The summed E-state index contributed by atoms with van der Waals surface area (Å²) in [7, 11) is 0. The van der Waals surface area contributed by atoms with Crippen molar-refractivity contribution in [2.24, 2.45) is 46.3 Å². The van der Waals surface area contributed by atoms with Crippen molar-refractivity contribution in [2.45, 2.75) is 97.3 Å². The van der Waals surface area contributed by atoms with Gasteiger partial charge in [0.05, 0.1) is 25.0 Å². The fourth-order valence-electron chi connectivity index (χ4n) is 9.28. The van der Waals surface area contributed by atoms with Gasteiger partial charge < -0.3 is 19.9 Å². The maximum Gasteiger partial charge on any atom is 0.220 e. The molecule has 1 amide bonds. The lowest BCUT2D eigenvalue weighted by Gasteiger charge is -2.62. The van der Waals surface area contributed by atoms with Crippen LogP contribution >= 0.6 is 0 Å². The Morgan fingerprint density at radius 2 is 1.88 bits per heavy atom. The zero-order valence-corrected chi connectivity index (χ0v) is 20.6. The molecule has 3 N–H and O–H groups in total. The lowest BCUT2D eigenvalue weighted by atomic mass is 9.43. The van der Waals surface area contributed by atoms with E-state index in [0.29, 0.717) is 48.5 Å². The molecule has 0 saturated heterocycles. The van der Waals surface area contributed by atoms with E-state index in [2.05, 4.69) is 26.1 Å². The molecule has 0 radical (unpaired) electrons. The fraction of sp³-hybridized carbons (Fsp3) is 0.821. The highest BCUT2D eigenvalue weighted by Crippen LogP contribution is 2.68. The Bertz CT molecular complexity index is 839. The summed E-state index contributed by atoms with van der Waals surface area (Å²) in [6.45, 7) is 7.64. The van der Waals surface area contributed by atoms with Crippen molar-refractivity contribution in [1.29, 1.82) is 0 Å². The molecule has 6 unspecified atom stereocenters. The van der Waals surface area contributed by atoms with Crippen molar-refractivity contribution in [3.8, 4) is 0 Å². The van der Waals surface area contributed by atoms with Crippen LogP contribution in [0.3, 0.4) is 0 Å². The second-order valence-corrected chi connectivity index (χ2v) is 12.5. The summed E-state index contributed by atoms with van der Waals surface area (Å²) < 4.78 is 5.34. The number of carbonyl (C=O) groups excluding carboxylic acids is 1. The zero-order chi connectivity index (χ0) is 23.4. The van der Waals surface area contributed by atoms with Gasteiger partial charge in [0.25, 0.3) is 0 Å². The van der Waals surface area contributed by atoms with Crippen LogP contribution in [0, 0.1) is 46.3 Å². The van der Waals surface area contributed by atoms with Crippen LogP contribution in [0.25, 0.3) is 0 Å². The predicted octanol–water partition coefficient (Wildman–Crippen LogP) is 4.91. The van der Waals surface area contributed by atoms with E-state index >= 15 is 0 Å². The van der Waals surface area contributed by atoms with Gasteiger partial charge in [-0.25, -0.2) is 0 Å². The summed E-state index contributed by atoms with van der Waals surface area (Å²) >= 11 is 0. The van der Waals surface area contributed by atoms with Crippen LogP contribution in [0.2, 0.25) is 0 Å². The van der Waals surface area contributed by atoms with Crippen LogP contribution in [-0.2, 0) is 11.3 Å². The van der Waals surface area contributed by atoms with E-state index in [0.717, 1.165) is 31.4 Å². The Hall–Kier alpha value is -1.33. The molecule has 1 aromatic rings. The minimum atomic E-state index is -0.242. The van der Waals surface area contributed by atoms with Crippen molar-refractivity contribution in [3.05, 3.63) is 24.2 Å². The number of hydrogen-bond acceptors (Lipinski definition) is 4. The number of aliphatic hydroxyl groups excluding tert-OH is 2. The summed E-state index contributed by atoms with van der Waals surface area (Å²) in [5.74, 6) is 3.72. The zero-order valence-electron chi connectivity index (χ0n) is 20.6. The minimum absolute atomic E-state index is 0.105. The number of carbonyl (C=O) groups is 1. The molecule has 5 heteroatoms. The maximum absolute atomic E-state index is 12.7. The van der Waals surface area contributed by atoms with Gasteiger partial charge in [0.2, 0.25) is 5.91 Å². The average Bonchev–Trinajstić information content (AvgIpc) is 3.41. The predicted molar refractivity (Wildman–Crippen MR) is 127 cm³/mol. The van der Waals surface area contributed by atoms with Crippen molar-refractivity contribution in [2.75, 3.05) is 0 Å². The van der Waals surface area contributed by atoms with Crippen LogP contribution < -0.4 is 5.32 Å². The van der Waals surface area contributed by atoms with Gasteiger partial charge in [0.15, 0.2) is 0 Å². The standard InChI is InChI=1S/C28H43NO4/c1-17(13-25(32)29-16-20-5-4-12-33-20)21-6-7-22-26-23(9-11-28(21,22)3)27(2)10-8-19(30)14-18(27)15-24(26)31/h4-5,12,17-19,21-24,26,30-31H,6-11,13-16H2,1-3H3,(H,29,32)/t17-,18?,19-,21?,22+,23+,24?,26?,27?,28?/m1/s1. The molecular weight excluding hydrogens is 414 g/mol. The van der Waals surface area contributed by atoms with Gasteiger partial charge in [-0.2, -0.15) is 0 Å². The molecule has 184 valence electrons. The highest BCUT2D eigenvalue weighted by Gasteiger charge is 2.62. The smallest absolute Gasteiger partial charge is 0.220 e. The second kappa shape index (κ2) is 8.71. The number of fused-ring (bicyclic) bond motifs is 5. The summed E-state index contributed by atoms with van der Waals surface area (Å²) in [6.07, 6.45) is 10.3. The summed E-state index contributed by atoms with van der Waals surface area (Å²) in [6, 6.07) is 3.73. The first kappa shape index (κ1) is 23.4. The molecule has 4 aliphatic rings. The summed E-state index contributed by atoms with van der Waals surface area (Å²) in [4.78, 5) is 12.7. The second-order valence-electron chi connectivity index (χ2n) is 12.5. The van der Waals surface area contributed by atoms with E-state index in [4.69, 9.17) is 4.42 Å². The summed E-state index contributed by atoms with van der Waals surface area (Å²) in [5.41, 5.74) is 0.472. The van der Waals surface area contributed by atoms with Crippen molar-refractivity contribution in [3.63, 3.8) is 0 Å². The molecule has 4 aliphatic carbocycles. The van der Waals surface area contributed by atoms with E-state index in [9.17, 15) is 15.0 Å². The third-order valence-electron chi connectivity index (χ3n) is 11.0. The summed E-state index contributed by atoms with van der Waals surface area (Å²) in [5, 5.41) is 24.7. The molecule has 33 heavy (non-hydrogen) atoms. The highest BCUT2D eigenvalue weighted by atomic mass is 16.3. The van der Waals surface area contributed by atoms with E-state index in [-0.39, 0.29) is 28.9 Å². The first-order valence-electron chi connectivity index (χ1n) is 13.4. The van der Waals surface area contributed by atoms with Crippen LogP contribution in [0.1, 0.15) is 84.3 Å². The monoisotopic (exact) mass is 457 g/mol. The van der Waals surface area contributed by atoms with E-state index in [1.807, 2.05) is 12.1 Å². The molecule has 1 aromatic heterocycles. The molecule has 4 saturated carbocycles. The lowest BCUT2D eigenvalue weighted by Crippen LogP contribution is -2.58. The molecule has 1 heterocycles. The van der Waals surface area contributed by atoms with Gasteiger partial charge in [-0.15, -0.1) is 0 Å². The third kappa shape index (κ3) is 3.97. The van der Waals surface area contributed by atoms with Crippen LogP contribution in [-0.4, -0.2) is 28.3 Å². The van der Waals surface area contributed by atoms with E-state index < -0.39 is 0 Å². The Morgan fingerprint density at radius 3 is 2.64 bits per heavy atom. The minimum Gasteiger partial charge on any atom is -0.467 e. The van der Waals surface area contributed by atoms with Gasteiger partial charge >= 0.3 is 0 Å². The number of aliphatic hydroxyl groups is 2. The van der Waals surface area contributed by atoms with Gasteiger partial charge in [-0.05, 0) is 110 Å². The molecule has 5 nitrogen and oxygen atoms in total. The van der Waals surface area contributed by atoms with Crippen molar-refractivity contribution >= 4 is 5.91 Å². The maximum atomic E-state index is 12.7. The topological polar surface area (TPSA) is 82.7 Å². The van der Waals surface area contributed by atoms with E-state index in [1.54, 1.807) is 6.26 Å².